The van der Waals surface area contributed by atoms with Crippen LogP contribution in [0.5, 0.6) is 0 Å². The highest BCUT2D eigenvalue weighted by atomic mass is 16.7. The van der Waals surface area contributed by atoms with Crippen LogP contribution in [0.3, 0.4) is 0 Å². The number of nitrogens with one attached hydrogen (secondary N) is 3. The SMILES string of the molecule is CC(=O)NOC1=CC=C2CC(=C1)NC(=O)/C2=C\C1=C(C)C(C(=O)N(N)CCCN(C)C)=C(C)CN1. The van der Waals surface area contributed by atoms with Gasteiger partial charge < -0.3 is 20.4 Å². The van der Waals surface area contributed by atoms with Gasteiger partial charge in [0.05, 0.1) is 0 Å². The predicted octanol–water partition coefficient (Wildman–Crippen LogP) is 1.06. The fourth-order valence-corrected chi connectivity index (χ4v) is 4.05. The summed E-state index contributed by atoms with van der Waals surface area (Å²) in [5, 5.41) is 7.45. The highest BCUT2D eigenvalue weighted by Gasteiger charge is 2.28. The molecule has 0 unspecified atom stereocenters. The van der Waals surface area contributed by atoms with Crippen LogP contribution in [0.2, 0.25) is 0 Å². The second-order valence-corrected chi connectivity index (χ2v) is 9.08. The maximum atomic E-state index is 13.2. The van der Waals surface area contributed by atoms with E-state index in [-0.39, 0.29) is 17.7 Å². The Bertz CT molecular complexity index is 1110. The van der Waals surface area contributed by atoms with Crippen molar-refractivity contribution in [2.45, 2.75) is 33.6 Å². The molecule has 0 radical (unpaired) electrons. The largest absolute Gasteiger partial charge is 0.381 e. The minimum atomic E-state index is -0.331. The van der Waals surface area contributed by atoms with Gasteiger partial charge in [0.25, 0.3) is 11.8 Å². The van der Waals surface area contributed by atoms with Crippen molar-refractivity contribution in [3.8, 4) is 0 Å². The van der Waals surface area contributed by atoms with Gasteiger partial charge in [-0.15, -0.1) is 0 Å². The summed E-state index contributed by atoms with van der Waals surface area (Å²) in [5.41, 5.74) is 7.14. The number of hydroxylamine groups is 1. The van der Waals surface area contributed by atoms with Gasteiger partial charge in [0.2, 0.25) is 5.91 Å². The molecular formula is C25H34N6O4. The molecule has 1 fully saturated rings. The monoisotopic (exact) mass is 482 g/mol. The Balaban J connectivity index is 1.87. The summed E-state index contributed by atoms with van der Waals surface area (Å²) in [6.45, 7) is 6.87. The second-order valence-electron chi connectivity index (χ2n) is 9.08. The summed E-state index contributed by atoms with van der Waals surface area (Å²) < 4.78 is 0. The summed E-state index contributed by atoms with van der Waals surface area (Å²) >= 11 is 0. The lowest BCUT2D eigenvalue weighted by Gasteiger charge is -2.27. The standard InChI is InChI=1S/C25H34N6O4/c1-15-14-27-22(16(2)23(15)25(34)31(26)10-6-9-30(4)5)13-21-18-7-8-20(35-29-17(3)32)12-19(11-18)28-24(21)33/h7-8,12-13,27H,6,9-11,14,26H2,1-5H3,(H,28,33)(H,29,32)/b21-13-. The van der Waals surface area contributed by atoms with Gasteiger partial charge in [-0.05, 0) is 69.8 Å². The van der Waals surface area contributed by atoms with Crippen LogP contribution in [0, 0.1) is 0 Å². The molecule has 1 aliphatic carbocycles. The second kappa shape index (κ2) is 11.2. The highest BCUT2D eigenvalue weighted by Crippen LogP contribution is 2.31. The van der Waals surface area contributed by atoms with Crippen LogP contribution in [-0.2, 0) is 19.2 Å². The van der Waals surface area contributed by atoms with E-state index in [1.54, 1.807) is 24.3 Å². The molecule has 2 aliphatic heterocycles. The van der Waals surface area contributed by atoms with E-state index in [0.717, 1.165) is 29.7 Å². The quantitative estimate of drug-likeness (QED) is 0.176. The van der Waals surface area contributed by atoms with Gasteiger partial charge in [-0.3, -0.25) is 19.4 Å². The zero-order valence-corrected chi connectivity index (χ0v) is 20.9. The van der Waals surface area contributed by atoms with Crippen molar-refractivity contribution >= 4 is 17.7 Å². The molecule has 2 heterocycles. The van der Waals surface area contributed by atoms with Crippen LogP contribution in [0.4, 0.5) is 0 Å². The van der Waals surface area contributed by atoms with Crippen molar-refractivity contribution in [3.63, 3.8) is 0 Å². The number of amides is 3. The van der Waals surface area contributed by atoms with Crippen molar-refractivity contribution in [3.05, 3.63) is 69.3 Å². The van der Waals surface area contributed by atoms with E-state index in [1.165, 1.54) is 11.9 Å². The number of hydrogen-bond acceptors (Lipinski definition) is 7. The van der Waals surface area contributed by atoms with E-state index >= 15 is 0 Å². The molecule has 3 amide bonds. The van der Waals surface area contributed by atoms with Gasteiger partial charge in [-0.2, -0.15) is 5.48 Å². The molecule has 10 heteroatoms. The zero-order chi connectivity index (χ0) is 25.7. The lowest BCUT2D eigenvalue weighted by molar-refractivity contribution is -0.128. The molecule has 0 aromatic carbocycles. The third-order valence-electron chi connectivity index (χ3n) is 5.84. The molecular weight excluding hydrogens is 448 g/mol. The Kier molecular flexibility index (Phi) is 8.31. The lowest BCUT2D eigenvalue weighted by atomic mass is 9.91. The van der Waals surface area contributed by atoms with Gasteiger partial charge >= 0.3 is 0 Å². The average molecular weight is 483 g/mol. The minimum absolute atomic E-state index is 0.231. The van der Waals surface area contributed by atoms with Crippen LogP contribution in [0.25, 0.3) is 0 Å². The number of rotatable bonds is 8. The summed E-state index contributed by atoms with van der Waals surface area (Å²) in [4.78, 5) is 44.5. The van der Waals surface area contributed by atoms with Gasteiger partial charge in [-0.1, -0.05) is 6.08 Å². The molecule has 1 saturated heterocycles. The minimum Gasteiger partial charge on any atom is -0.381 e. The number of hydrazine groups is 1. The summed E-state index contributed by atoms with van der Waals surface area (Å²) in [6.07, 6.45) is 8.20. The van der Waals surface area contributed by atoms with E-state index in [1.807, 2.05) is 32.8 Å². The smallest absolute Gasteiger partial charge is 0.268 e. The lowest BCUT2D eigenvalue weighted by Crippen LogP contribution is -2.42. The maximum absolute atomic E-state index is 13.2. The Hall–Kier alpha value is -3.63. The van der Waals surface area contributed by atoms with Crippen LogP contribution in [0.15, 0.2) is 69.3 Å². The number of fused-ring (bicyclic) bond motifs is 2. The first-order chi connectivity index (χ1) is 16.6. The van der Waals surface area contributed by atoms with Gasteiger partial charge in [-0.25, -0.2) is 5.84 Å². The van der Waals surface area contributed by atoms with Gasteiger partial charge in [0.15, 0.2) is 5.76 Å². The predicted molar refractivity (Wildman–Crippen MR) is 132 cm³/mol. The first kappa shape index (κ1) is 26.0. The van der Waals surface area contributed by atoms with Crippen LogP contribution >= 0.6 is 0 Å². The fraction of sp³-hybridized carbons (Fsp3) is 0.400. The van der Waals surface area contributed by atoms with Crippen LogP contribution < -0.4 is 22.0 Å². The third kappa shape index (κ3) is 6.49. The molecule has 35 heavy (non-hydrogen) atoms. The van der Waals surface area contributed by atoms with Crippen LogP contribution in [0.1, 0.15) is 33.6 Å². The number of carbonyl (C=O) groups is 3. The average Bonchev–Trinajstić information content (AvgIpc) is 2.95. The molecule has 0 atom stereocenters. The number of dihydropyridines is 1. The zero-order valence-electron chi connectivity index (χ0n) is 20.9. The van der Waals surface area contributed by atoms with Crippen molar-refractivity contribution in [1.29, 1.82) is 0 Å². The fourth-order valence-electron chi connectivity index (χ4n) is 4.05. The number of carbonyl (C=O) groups excluding carboxylic acids is 3. The van der Waals surface area contributed by atoms with Crippen molar-refractivity contribution in [2.24, 2.45) is 5.84 Å². The molecule has 188 valence electrons. The third-order valence-corrected chi connectivity index (χ3v) is 5.84. The topological polar surface area (TPSA) is 129 Å². The van der Waals surface area contributed by atoms with E-state index in [0.29, 0.717) is 47.8 Å². The molecule has 0 aromatic heterocycles. The van der Waals surface area contributed by atoms with Crippen molar-refractivity contribution in [2.75, 3.05) is 33.7 Å². The van der Waals surface area contributed by atoms with Crippen molar-refractivity contribution in [1.82, 2.24) is 26.0 Å². The van der Waals surface area contributed by atoms with E-state index in [4.69, 9.17) is 10.7 Å². The van der Waals surface area contributed by atoms with E-state index < -0.39 is 0 Å². The summed E-state index contributed by atoms with van der Waals surface area (Å²) in [7, 11) is 3.96. The molecule has 3 aliphatic rings. The number of piperidine rings is 1. The summed E-state index contributed by atoms with van der Waals surface area (Å²) in [6, 6.07) is 0. The Morgan fingerprint density at radius 3 is 2.66 bits per heavy atom. The van der Waals surface area contributed by atoms with Gasteiger partial charge in [0, 0.05) is 55.1 Å². The van der Waals surface area contributed by atoms with Gasteiger partial charge in [0.1, 0.15) is 0 Å². The number of allylic oxidation sites excluding steroid dienone is 5. The molecule has 0 spiro atoms. The van der Waals surface area contributed by atoms with Crippen molar-refractivity contribution < 1.29 is 19.2 Å². The molecule has 2 bridgehead atoms. The molecule has 0 saturated carbocycles. The Morgan fingerprint density at radius 1 is 1.23 bits per heavy atom. The molecule has 10 nitrogen and oxygen atoms in total. The highest BCUT2D eigenvalue weighted by molar-refractivity contribution is 6.02. The number of nitrogens with two attached hydrogens (primary N) is 1. The number of nitrogens with zero attached hydrogens (tertiary/aromatic N) is 2. The van der Waals surface area contributed by atoms with Crippen LogP contribution in [-0.4, -0.2) is 61.4 Å². The van der Waals surface area contributed by atoms with E-state index in [9.17, 15) is 14.4 Å². The maximum Gasteiger partial charge on any atom is 0.268 e. The summed E-state index contributed by atoms with van der Waals surface area (Å²) in [5.74, 6) is 5.69. The first-order valence-corrected chi connectivity index (χ1v) is 11.5. The molecule has 3 rings (SSSR count). The van der Waals surface area contributed by atoms with E-state index in [2.05, 4.69) is 16.1 Å². The Labute approximate surface area is 205 Å². The Morgan fingerprint density at radius 2 is 1.97 bits per heavy atom. The molecule has 0 aromatic rings. The molecule has 5 N–H and O–H groups in total. The normalized spacial score (nSPS) is 18.9. The number of hydrogen-bond donors (Lipinski definition) is 4. The first-order valence-electron chi connectivity index (χ1n) is 11.5.